The molecule has 3 atom stereocenters. The standard InChI is InChI=1S/C15H23BrN2O2S/c1-9-4-5-14(10(2)6-9)18-21(19,20)15-8-13(17)12(16)7-11(15)3/h7-10,14,18H,4-6,17H2,1-3H3. The normalized spacial score (nSPS) is 26.8. The van der Waals surface area contributed by atoms with E-state index >= 15 is 0 Å². The van der Waals surface area contributed by atoms with Crippen molar-refractivity contribution in [1.29, 1.82) is 0 Å². The van der Waals surface area contributed by atoms with Crippen LogP contribution in [0, 0.1) is 18.8 Å². The molecule has 21 heavy (non-hydrogen) atoms. The molecule has 1 aromatic rings. The molecule has 0 radical (unpaired) electrons. The lowest BCUT2D eigenvalue weighted by Crippen LogP contribution is -2.42. The molecule has 0 heterocycles. The van der Waals surface area contributed by atoms with Gasteiger partial charge in [-0.15, -0.1) is 0 Å². The molecule has 0 spiro atoms. The lowest BCUT2D eigenvalue weighted by Gasteiger charge is -2.33. The third-order valence-electron chi connectivity index (χ3n) is 4.32. The summed E-state index contributed by atoms with van der Waals surface area (Å²) in [6.07, 6.45) is 3.03. The molecule has 1 aliphatic rings. The Bertz CT molecular complexity index is 631. The van der Waals surface area contributed by atoms with Gasteiger partial charge in [0.15, 0.2) is 0 Å². The van der Waals surface area contributed by atoms with Crippen LogP contribution in [0.4, 0.5) is 5.69 Å². The molecule has 1 aliphatic carbocycles. The number of hydrogen-bond donors (Lipinski definition) is 2. The quantitative estimate of drug-likeness (QED) is 0.795. The second kappa shape index (κ2) is 6.26. The summed E-state index contributed by atoms with van der Waals surface area (Å²) in [6, 6.07) is 3.28. The first-order chi connectivity index (χ1) is 9.70. The molecule has 1 aromatic carbocycles. The molecule has 0 amide bonds. The molecular formula is C15H23BrN2O2S. The van der Waals surface area contributed by atoms with Crippen LogP contribution >= 0.6 is 15.9 Å². The first kappa shape index (κ1) is 16.8. The molecule has 0 bridgehead atoms. The molecule has 4 nitrogen and oxygen atoms in total. The second-order valence-corrected chi connectivity index (χ2v) is 8.80. The summed E-state index contributed by atoms with van der Waals surface area (Å²) in [4.78, 5) is 0.272. The highest BCUT2D eigenvalue weighted by Gasteiger charge is 2.30. The summed E-state index contributed by atoms with van der Waals surface area (Å²) in [5.41, 5.74) is 6.96. The van der Waals surface area contributed by atoms with Crippen molar-refractivity contribution in [2.45, 2.75) is 51.0 Å². The van der Waals surface area contributed by atoms with Crippen molar-refractivity contribution in [1.82, 2.24) is 4.72 Å². The maximum absolute atomic E-state index is 12.6. The van der Waals surface area contributed by atoms with E-state index in [1.807, 2.05) is 0 Å². The Balaban J connectivity index is 2.25. The summed E-state index contributed by atoms with van der Waals surface area (Å²) in [7, 11) is -3.53. The van der Waals surface area contributed by atoms with E-state index < -0.39 is 10.0 Å². The Kier molecular flexibility index (Phi) is 5.00. The van der Waals surface area contributed by atoms with Crippen LogP contribution in [0.3, 0.4) is 0 Å². The van der Waals surface area contributed by atoms with Crippen LogP contribution in [-0.4, -0.2) is 14.5 Å². The van der Waals surface area contributed by atoms with E-state index in [0.29, 0.717) is 23.1 Å². The fourth-order valence-electron chi connectivity index (χ4n) is 3.06. The SMILES string of the molecule is Cc1cc(Br)c(N)cc1S(=O)(=O)NC1CCC(C)CC1C. The van der Waals surface area contributed by atoms with Gasteiger partial charge >= 0.3 is 0 Å². The Hall–Kier alpha value is -0.590. The minimum atomic E-state index is -3.53. The summed E-state index contributed by atoms with van der Waals surface area (Å²) in [6.45, 7) is 6.12. The Morgan fingerprint density at radius 3 is 2.57 bits per heavy atom. The molecule has 1 saturated carbocycles. The average Bonchev–Trinajstić information content (AvgIpc) is 2.37. The lowest BCUT2D eigenvalue weighted by molar-refractivity contribution is 0.249. The maximum atomic E-state index is 12.6. The number of sulfonamides is 1. The largest absolute Gasteiger partial charge is 0.398 e. The van der Waals surface area contributed by atoms with Crippen molar-refractivity contribution < 1.29 is 8.42 Å². The number of benzene rings is 1. The van der Waals surface area contributed by atoms with E-state index in [4.69, 9.17) is 5.73 Å². The Labute approximate surface area is 135 Å². The molecule has 3 unspecified atom stereocenters. The lowest BCUT2D eigenvalue weighted by atomic mass is 9.80. The van der Waals surface area contributed by atoms with E-state index in [2.05, 4.69) is 34.5 Å². The smallest absolute Gasteiger partial charge is 0.241 e. The van der Waals surface area contributed by atoms with E-state index in [0.717, 1.165) is 23.7 Å². The van der Waals surface area contributed by atoms with E-state index in [1.165, 1.54) is 6.07 Å². The van der Waals surface area contributed by atoms with Gasteiger partial charge in [0, 0.05) is 16.2 Å². The van der Waals surface area contributed by atoms with Gasteiger partial charge in [-0.2, -0.15) is 0 Å². The molecule has 0 saturated heterocycles. The van der Waals surface area contributed by atoms with Crippen molar-refractivity contribution in [3.63, 3.8) is 0 Å². The summed E-state index contributed by atoms with van der Waals surface area (Å²) in [5.74, 6) is 1.03. The predicted molar refractivity (Wildman–Crippen MR) is 89.6 cm³/mol. The van der Waals surface area contributed by atoms with Crippen LogP contribution in [0.2, 0.25) is 0 Å². The minimum absolute atomic E-state index is 0.00970. The first-order valence-electron chi connectivity index (χ1n) is 7.28. The van der Waals surface area contributed by atoms with Gasteiger partial charge in [0.2, 0.25) is 10.0 Å². The van der Waals surface area contributed by atoms with Crippen molar-refractivity contribution >= 4 is 31.6 Å². The number of aryl methyl sites for hydroxylation is 1. The third-order valence-corrected chi connectivity index (χ3v) is 6.64. The van der Waals surface area contributed by atoms with E-state index in [1.54, 1.807) is 13.0 Å². The number of nitrogens with two attached hydrogens (primary N) is 1. The Morgan fingerprint density at radius 2 is 1.95 bits per heavy atom. The van der Waals surface area contributed by atoms with Crippen LogP contribution in [0.1, 0.15) is 38.7 Å². The van der Waals surface area contributed by atoms with Crippen LogP contribution < -0.4 is 10.5 Å². The van der Waals surface area contributed by atoms with Crippen LogP contribution in [-0.2, 0) is 10.0 Å². The molecule has 0 aromatic heterocycles. The van der Waals surface area contributed by atoms with Crippen LogP contribution in [0.15, 0.2) is 21.5 Å². The summed E-state index contributed by atoms with van der Waals surface area (Å²) < 4.78 is 28.9. The van der Waals surface area contributed by atoms with E-state index in [-0.39, 0.29) is 10.9 Å². The molecule has 0 aliphatic heterocycles. The molecule has 2 rings (SSSR count). The highest BCUT2D eigenvalue weighted by atomic mass is 79.9. The fourth-order valence-corrected chi connectivity index (χ4v) is 5.16. The zero-order valence-electron chi connectivity index (χ0n) is 12.7. The number of halogens is 1. The summed E-state index contributed by atoms with van der Waals surface area (Å²) in [5, 5.41) is 0. The fraction of sp³-hybridized carbons (Fsp3) is 0.600. The topological polar surface area (TPSA) is 72.2 Å². The van der Waals surface area contributed by atoms with Gasteiger partial charge in [0.05, 0.1) is 4.90 Å². The number of anilines is 1. The predicted octanol–water partition coefficient (Wildman–Crippen LogP) is 3.44. The molecule has 1 fully saturated rings. The highest BCUT2D eigenvalue weighted by Crippen LogP contribution is 2.31. The second-order valence-electron chi connectivity index (χ2n) is 6.26. The average molecular weight is 375 g/mol. The first-order valence-corrected chi connectivity index (χ1v) is 9.56. The number of hydrogen-bond acceptors (Lipinski definition) is 3. The van der Waals surface area contributed by atoms with Crippen molar-refractivity contribution in [3.05, 3.63) is 22.2 Å². The van der Waals surface area contributed by atoms with Gasteiger partial charge in [0.25, 0.3) is 0 Å². The molecule has 118 valence electrons. The Morgan fingerprint density at radius 1 is 1.29 bits per heavy atom. The van der Waals surface area contributed by atoms with Gasteiger partial charge in [-0.1, -0.05) is 13.8 Å². The minimum Gasteiger partial charge on any atom is -0.398 e. The van der Waals surface area contributed by atoms with Crippen molar-refractivity contribution in [2.24, 2.45) is 11.8 Å². The van der Waals surface area contributed by atoms with Crippen molar-refractivity contribution in [2.75, 3.05) is 5.73 Å². The molecule has 6 heteroatoms. The zero-order chi connectivity index (χ0) is 15.8. The van der Waals surface area contributed by atoms with Gasteiger partial charge in [-0.3, -0.25) is 0 Å². The van der Waals surface area contributed by atoms with Gasteiger partial charge in [-0.25, -0.2) is 13.1 Å². The molecule has 3 N–H and O–H groups in total. The number of rotatable bonds is 3. The van der Waals surface area contributed by atoms with Gasteiger partial charge in [0.1, 0.15) is 0 Å². The van der Waals surface area contributed by atoms with Gasteiger partial charge < -0.3 is 5.73 Å². The third kappa shape index (κ3) is 3.79. The number of nitrogens with one attached hydrogen (secondary N) is 1. The number of nitrogen functional groups attached to an aromatic ring is 1. The van der Waals surface area contributed by atoms with Gasteiger partial charge in [-0.05, 0) is 71.6 Å². The van der Waals surface area contributed by atoms with Crippen LogP contribution in [0.5, 0.6) is 0 Å². The zero-order valence-corrected chi connectivity index (χ0v) is 15.1. The van der Waals surface area contributed by atoms with Crippen molar-refractivity contribution in [3.8, 4) is 0 Å². The maximum Gasteiger partial charge on any atom is 0.241 e. The van der Waals surface area contributed by atoms with E-state index in [9.17, 15) is 8.42 Å². The highest BCUT2D eigenvalue weighted by molar-refractivity contribution is 9.10. The summed E-state index contributed by atoms with van der Waals surface area (Å²) >= 11 is 3.32. The monoisotopic (exact) mass is 374 g/mol. The van der Waals surface area contributed by atoms with Crippen LogP contribution in [0.25, 0.3) is 0 Å². The molecular weight excluding hydrogens is 352 g/mol.